The van der Waals surface area contributed by atoms with Crippen LogP contribution in [-0.2, 0) is 10.2 Å². The van der Waals surface area contributed by atoms with Crippen LogP contribution in [0.1, 0.15) is 58.6 Å². The molecule has 0 saturated heterocycles. The Morgan fingerprint density at radius 2 is 1.90 bits per heavy atom. The van der Waals surface area contributed by atoms with Gasteiger partial charge in [-0.2, -0.15) is 0 Å². The van der Waals surface area contributed by atoms with E-state index >= 15 is 0 Å². The molecular weight excluding hydrogens is 374 g/mol. The number of carboxylic acids is 1. The number of benzene rings is 2. The summed E-state index contributed by atoms with van der Waals surface area (Å²) in [6.07, 6.45) is 5.35. The second-order valence-electron chi connectivity index (χ2n) is 8.79. The predicted octanol–water partition coefficient (Wildman–Crippen LogP) is 6.80. The fraction of sp³-hybridized carbons (Fsp3) is 0.346. The number of rotatable bonds is 7. The van der Waals surface area contributed by atoms with Crippen LogP contribution in [0.2, 0.25) is 0 Å². The molecule has 0 aliphatic heterocycles. The number of allylic oxidation sites excluding steroid dienone is 1. The molecule has 30 heavy (non-hydrogen) atoms. The molecule has 2 N–H and O–H groups in total. The van der Waals surface area contributed by atoms with Crippen LogP contribution in [0.4, 0.5) is 0 Å². The van der Waals surface area contributed by atoms with E-state index in [4.69, 9.17) is 9.84 Å². The zero-order chi connectivity index (χ0) is 21.9. The Morgan fingerprint density at radius 3 is 2.57 bits per heavy atom. The molecule has 0 saturated carbocycles. The van der Waals surface area contributed by atoms with Crippen LogP contribution in [0, 0.1) is 0 Å². The third-order valence-electron chi connectivity index (χ3n) is 5.37. The fourth-order valence-corrected chi connectivity index (χ4v) is 3.52. The number of unbranched alkanes of at least 4 members (excludes halogenated alkanes) is 1. The van der Waals surface area contributed by atoms with Crippen LogP contribution in [0.5, 0.6) is 5.75 Å². The molecule has 3 rings (SSSR count). The summed E-state index contributed by atoms with van der Waals surface area (Å²) in [6, 6.07) is 12.4. The highest BCUT2D eigenvalue weighted by Gasteiger charge is 2.19. The maximum atomic E-state index is 11.1. The van der Waals surface area contributed by atoms with Gasteiger partial charge in [-0.1, -0.05) is 46.2 Å². The summed E-state index contributed by atoms with van der Waals surface area (Å²) in [6.45, 7) is 11.3. The Bertz CT molecular complexity index is 1080. The first-order valence-electron chi connectivity index (χ1n) is 10.5. The highest BCUT2D eigenvalue weighted by atomic mass is 16.5. The summed E-state index contributed by atoms with van der Waals surface area (Å²) >= 11 is 0. The largest absolute Gasteiger partial charge is 0.493 e. The van der Waals surface area contributed by atoms with E-state index in [1.807, 2.05) is 25.3 Å². The first kappa shape index (κ1) is 21.7. The highest BCUT2D eigenvalue weighted by Crippen LogP contribution is 2.39. The van der Waals surface area contributed by atoms with Crippen molar-refractivity contribution in [2.24, 2.45) is 0 Å². The van der Waals surface area contributed by atoms with Crippen molar-refractivity contribution in [3.8, 4) is 16.9 Å². The third kappa shape index (κ3) is 4.76. The van der Waals surface area contributed by atoms with Crippen molar-refractivity contribution in [2.45, 2.75) is 52.9 Å². The number of aliphatic carboxylic acids is 1. The first-order valence-corrected chi connectivity index (χ1v) is 10.5. The van der Waals surface area contributed by atoms with Gasteiger partial charge in [0.15, 0.2) is 0 Å². The van der Waals surface area contributed by atoms with Gasteiger partial charge in [-0.25, -0.2) is 4.79 Å². The van der Waals surface area contributed by atoms with Gasteiger partial charge < -0.3 is 14.8 Å². The quantitative estimate of drug-likeness (QED) is 0.336. The van der Waals surface area contributed by atoms with Gasteiger partial charge in [-0.05, 0) is 59.7 Å². The number of aromatic amines is 1. The molecule has 4 heteroatoms. The molecule has 1 aromatic heterocycles. The average molecular weight is 406 g/mol. The molecular formula is C26H31NO3. The number of carbonyl (C=O) groups is 1. The Kier molecular flexibility index (Phi) is 6.35. The molecule has 3 aromatic rings. The van der Waals surface area contributed by atoms with Crippen LogP contribution in [0.25, 0.3) is 27.6 Å². The lowest BCUT2D eigenvalue weighted by atomic mass is 9.85. The standard InChI is InChI=1S/C26H31NO3/c1-6-7-12-30-24-11-9-19(26(3,4)5)15-21(24)22-16-27-23-10-8-18(14-20(22)23)17(2)13-25(28)29/h8-11,13-16,27H,6-7,12H2,1-5H3,(H,28,29). The van der Waals surface area contributed by atoms with Crippen molar-refractivity contribution in [3.05, 3.63) is 59.8 Å². The summed E-state index contributed by atoms with van der Waals surface area (Å²) < 4.78 is 6.15. The monoisotopic (exact) mass is 405 g/mol. The number of hydrogen-bond donors (Lipinski definition) is 2. The van der Waals surface area contributed by atoms with Crippen molar-refractivity contribution >= 4 is 22.4 Å². The molecule has 0 fully saturated rings. The summed E-state index contributed by atoms with van der Waals surface area (Å²) in [5, 5.41) is 10.2. The van der Waals surface area contributed by atoms with Crippen molar-refractivity contribution in [3.63, 3.8) is 0 Å². The zero-order valence-electron chi connectivity index (χ0n) is 18.5. The molecule has 0 radical (unpaired) electrons. The van der Waals surface area contributed by atoms with Gasteiger partial charge in [0, 0.05) is 34.3 Å². The normalized spacial score (nSPS) is 12.4. The minimum Gasteiger partial charge on any atom is -0.493 e. The summed E-state index contributed by atoms with van der Waals surface area (Å²) in [7, 11) is 0. The van der Waals surface area contributed by atoms with E-state index in [9.17, 15) is 4.79 Å². The van der Waals surface area contributed by atoms with Crippen LogP contribution in [0.15, 0.2) is 48.7 Å². The molecule has 1 heterocycles. The Morgan fingerprint density at radius 1 is 1.13 bits per heavy atom. The van der Waals surface area contributed by atoms with Gasteiger partial charge >= 0.3 is 5.97 Å². The Labute approximate surface area is 178 Å². The van der Waals surface area contributed by atoms with Gasteiger partial charge in [0.1, 0.15) is 5.75 Å². The molecule has 0 aliphatic carbocycles. The van der Waals surface area contributed by atoms with E-state index < -0.39 is 5.97 Å². The van der Waals surface area contributed by atoms with Gasteiger partial charge in [0.2, 0.25) is 0 Å². The highest BCUT2D eigenvalue weighted by molar-refractivity contribution is 5.99. The second kappa shape index (κ2) is 8.78. The van der Waals surface area contributed by atoms with E-state index in [1.54, 1.807) is 0 Å². The van der Waals surface area contributed by atoms with Crippen LogP contribution in [-0.4, -0.2) is 22.7 Å². The van der Waals surface area contributed by atoms with Crippen molar-refractivity contribution < 1.29 is 14.6 Å². The zero-order valence-corrected chi connectivity index (χ0v) is 18.5. The van der Waals surface area contributed by atoms with Crippen molar-refractivity contribution in [2.75, 3.05) is 6.61 Å². The molecule has 0 amide bonds. The minimum atomic E-state index is -0.939. The topological polar surface area (TPSA) is 62.3 Å². The predicted molar refractivity (Wildman–Crippen MR) is 124 cm³/mol. The third-order valence-corrected chi connectivity index (χ3v) is 5.37. The van der Waals surface area contributed by atoms with Crippen LogP contribution in [0.3, 0.4) is 0 Å². The number of H-pyrrole nitrogens is 1. The Hall–Kier alpha value is -3.01. The van der Waals surface area contributed by atoms with E-state index in [0.29, 0.717) is 6.61 Å². The number of hydrogen-bond acceptors (Lipinski definition) is 2. The Balaban J connectivity index is 2.16. The van der Waals surface area contributed by atoms with E-state index in [2.05, 4.69) is 56.9 Å². The van der Waals surface area contributed by atoms with Gasteiger partial charge in [0.05, 0.1) is 6.61 Å². The lowest BCUT2D eigenvalue weighted by Gasteiger charge is -2.21. The number of fused-ring (bicyclic) bond motifs is 1. The van der Waals surface area contributed by atoms with Gasteiger partial charge in [-0.3, -0.25) is 0 Å². The number of ether oxygens (including phenoxy) is 1. The molecule has 0 unspecified atom stereocenters. The molecule has 0 bridgehead atoms. The number of carboxylic acid groups (broad SMARTS) is 1. The van der Waals surface area contributed by atoms with Crippen molar-refractivity contribution in [1.29, 1.82) is 0 Å². The number of aromatic nitrogens is 1. The molecule has 158 valence electrons. The second-order valence-corrected chi connectivity index (χ2v) is 8.79. The van der Waals surface area contributed by atoms with Crippen LogP contribution >= 0.6 is 0 Å². The summed E-state index contributed by atoms with van der Waals surface area (Å²) in [5.41, 5.74) is 6.01. The van der Waals surface area contributed by atoms with E-state index in [-0.39, 0.29) is 5.41 Å². The first-order chi connectivity index (χ1) is 14.2. The molecule has 0 spiro atoms. The maximum absolute atomic E-state index is 11.1. The van der Waals surface area contributed by atoms with E-state index in [1.165, 1.54) is 11.6 Å². The minimum absolute atomic E-state index is 0.0226. The van der Waals surface area contributed by atoms with Crippen molar-refractivity contribution in [1.82, 2.24) is 4.98 Å². The summed E-state index contributed by atoms with van der Waals surface area (Å²) in [4.78, 5) is 14.4. The van der Waals surface area contributed by atoms with E-state index in [0.717, 1.165) is 51.8 Å². The molecule has 2 aromatic carbocycles. The maximum Gasteiger partial charge on any atom is 0.328 e. The summed E-state index contributed by atoms with van der Waals surface area (Å²) in [5.74, 6) is -0.0630. The lowest BCUT2D eigenvalue weighted by Crippen LogP contribution is -2.11. The van der Waals surface area contributed by atoms with Crippen LogP contribution < -0.4 is 4.74 Å². The SMILES string of the molecule is CCCCOc1ccc(C(C)(C)C)cc1-c1c[nH]c2ccc(C(C)=CC(=O)O)cc12. The molecule has 4 nitrogen and oxygen atoms in total. The molecule has 0 atom stereocenters. The lowest BCUT2D eigenvalue weighted by molar-refractivity contribution is -0.131. The smallest absolute Gasteiger partial charge is 0.328 e. The fourth-order valence-electron chi connectivity index (χ4n) is 3.52. The van der Waals surface area contributed by atoms with Gasteiger partial charge in [-0.15, -0.1) is 0 Å². The number of nitrogens with one attached hydrogen (secondary N) is 1. The van der Waals surface area contributed by atoms with Gasteiger partial charge in [0.25, 0.3) is 0 Å². The average Bonchev–Trinajstić information content (AvgIpc) is 3.10. The molecule has 0 aliphatic rings.